The highest BCUT2D eigenvalue weighted by molar-refractivity contribution is 5.71. The van der Waals surface area contributed by atoms with Gasteiger partial charge in [0.05, 0.1) is 7.11 Å². The molecule has 1 aliphatic carbocycles. The number of methoxy groups -OCH3 is 1. The van der Waals surface area contributed by atoms with Crippen molar-refractivity contribution in [1.29, 1.82) is 0 Å². The van der Waals surface area contributed by atoms with Gasteiger partial charge in [0.15, 0.2) is 11.6 Å². The summed E-state index contributed by atoms with van der Waals surface area (Å²) in [6, 6.07) is 15.2. The van der Waals surface area contributed by atoms with Crippen molar-refractivity contribution < 1.29 is 17.9 Å². The first kappa shape index (κ1) is 28.3. The second-order valence-corrected chi connectivity index (χ2v) is 11.0. The Morgan fingerprint density at radius 1 is 0.684 bits per heavy atom. The normalized spacial score (nSPS) is 17.5. The monoisotopic (exact) mass is 522 g/mol. The van der Waals surface area contributed by atoms with E-state index in [1.807, 2.05) is 12.1 Å². The van der Waals surface area contributed by atoms with Crippen LogP contribution in [-0.2, 0) is 6.42 Å². The van der Waals surface area contributed by atoms with Crippen LogP contribution in [0.2, 0.25) is 0 Å². The molecule has 0 aliphatic heterocycles. The van der Waals surface area contributed by atoms with Crippen molar-refractivity contribution in [2.45, 2.75) is 84.0 Å². The van der Waals surface area contributed by atoms with Gasteiger partial charge in [-0.1, -0.05) is 108 Å². The smallest absolute Gasteiger partial charge is 0.201 e. The third-order valence-corrected chi connectivity index (χ3v) is 8.32. The Hall–Kier alpha value is -2.75. The van der Waals surface area contributed by atoms with Crippen LogP contribution in [0.15, 0.2) is 54.6 Å². The maximum Gasteiger partial charge on any atom is 0.201 e. The molecule has 1 fully saturated rings. The quantitative estimate of drug-likeness (QED) is 0.215. The van der Waals surface area contributed by atoms with Crippen LogP contribution in [0, 0.1) is 29.3 Å². The Kier molecular flexibility index (Phi) is 10.3. The fraction of sp³-hybridized carbons (Fsp3) is 0.471. The zero-order valence-corrected chi connectivity index (χ0v) is 22.9. The Labute approximate surface area is 226 Å². The molecule has 0 heterocycles. The van der Waals surface area contributed by atoms with Gasteiger partial charge < -0.3 is 4.74 Å². The summed E-state index contributed by atoms with van der Waals surface area (Å²) in [7, 11) is 1.30. The minimum atomic E-state index is -1.01. The number of unbranched alkanes of at least 4 members (excludes halogenated alkanes) is 3. The molecule has 1 nitrogen and oxygen atoms in total. The molecule has 3 aromatic carbocycles. The summed E-state index contributed by atoms with van der Waals surface area (Å²) in [6.45, 7) is 2.28. The van der Waals surface area contributed by atoms with Gasteiger partial charge in [0.1, 0.15) is 5.82 Å². The fourth-order valence-electron chi connectivity index (χ4n) is 5.94. The Bertz CT molecular complexity index is 1160. The molecule has 0 atom stereocenters. The lowest BCUT2D eigenvalue weighted by Crippen LogP contribution is -2.14. The van der Waals surface area contributed by atoms with Crippen LogP contribution >= 0.6 is 0 Å². The number of rotatable bonds is 12. The van der Waals surface area contributed by atoms with Gasteiger partial charge in [-0.15, -0.1) is 0 Å². The van der Waals surface area contributed by atoms with E-state index < -0.39 is 11.6 Å². The van der Waals surface area contributed by atoms with E-state index in [0.29, 0.717) is 16.7 Å². The highest BCUT2D eigenvalue weighted by Gasteiger charge is 2.20. The van der Waals surface area contributed by atoms with Crippen LogP contribution in [0.25, 0.3) is 22.3 Å². The first-order valence-corrected chi connectivity index (χ1v) is 14.4. The van der Waals surface area contributed by atoms with Crippen molar-refractivity contribution >= 4 is 0 Å². The number of aryl methyl sites for hydroxylation is 1. The first-order chi connectivity index (χ1) is 18.5. The van der Waals surface area contributed by atoms with Crippen molar-refractivity contribution in [1.82, 2.24) is 0 Å². The van der Waals surface area contributed by atoms with Crippen molar-refractivity contribution in [2.24, 2.45) is 11.8 Å². The third kappa shape index (κ3) is 7.21. The third-order valence-electron chi connectivity index (χ3n) is 8.32. The van der Waals surface area contributed by atoms with Crippen molar-refractivity contribution in [3.63, 3.8) is 0 Å². The summed E-state index contributed by atoms with van der Waals surface area (Å²) >= 11 is 0. The Morgan fingerprint density at radius 2 is 1.26 bits per heavy atom. The minimum absolute atomic E-state index is 0.134. The van der Waals surface area contributed by atoms with Crippen molar-refractivity contribution in [3.8, 4) is 28.0 Å². The zero-order valence-electron chi connectivity index (χ0n) is 22.9. The van der Waals surface area contributed by atoms with E-state index in [0.717, 1.165) is 30.2 Å². The molecule has 0 aromatic heterocycles. The van der Waals surface area contributed by atoms with Gasteiger partial charge in [0, 0.05) is 11.1 Å². The SMILES string of the molecule is CCCCCC1CCC(CCCCc2ccc(-c3ccc(-c4ccc(OC)c(F)c4F)cc3)c(F)c2)CC1. The van der Waals surface area contributed by atoms with Crippen LogP contribution in [0.1, 0.15) is 83.1 Å². The molecule has 0 N–H and O–H groups in total. The molecule has 4 rings (SSSR count). The number of hydrogen-bond acceptors (Lipinski definition) is 1. The van der Waals surface area contributed by atoms with E-state index in [9.17, 15) is 13.2 Å². The summed E-state index contributed by atoms with van der Waals surface area (Å²) in [5, 5.41) is 0. The highest BCUT2D eigenvalue weighted by Crippen LogP contribution is 2.35. The average molecular weight is 523 g/mol. The van der Waals surface area contributed by atoms with Crippen molar-refractivity contribution in [3.05, 3.63) is 77.6 Å². The van der Waals surface area contributed by atoms with Crippen LogP contribution in [0.5, 0.6) is 5.75 Å². The van der Waals surface area contributed by atoms with Gasteiger partial charge in [-0.05, 0) is 59.6 Å². The number of hydrogen-bond donors (Lipinski definition) is 0. The molecule has 0 saturated heterocycles. The zero-order chi connectivity index (χ0) is 26.9. The predicted molar refractivity (Wildman–Crippen MR) is 151 cm³/mol. The lowest BCUT2D eigenvalue weighted by molar-refractivity contribution is 0.245. The van der Waals surface area contributed by atoms with E-state index in [1.54, 1.807) is 30.3 Å². The Morgan fingerprint density at radius 3 is 1.84 bits per heavy atom. The molecule has 0 bridgehead atoms. The molecule has 3 aromatic rings. The molecule has 1 saturated carbocycles. The second kappa shape index (κ2) is 13.9. The summed E-state index contributed by atoms with van der Waals surface area (Å²) < 4.78 is 48.4. The van der Waals surface area contributed by atoms with E-state index >= 15 is 0 Å². The highest BCUT2D eigenvalue weighted by atomic mass is 19.2. The standard InChI is InChI=1S/C34H41F3O/c1-3-4-5-8-24-11-13-25(14-12-24)9-6-7-10-26-15-20-29(31(35)23-26)27-16-18-28(19-17-27)30-21-22-32(38-2)34(37)33(30)36/h15-25H,3-14H2,1-2H3. The van der Waals surface area contributed by atoms with E-state index in [-0.39, 0.29) is 17.1 Å². The van der Waals surface area contributed by atoms with Gasteiger partial charge in [0.2, 0.25) is 5.82 Å². The summed E-state index contributed by atoms with van der Waals surface area (Å²) in [6.07, 6.45) is 15.6. The molecule has 38 heavy (non-hydrogen) atoms. The predicted octanol–water partition coefficient (Wildman–Crippen LogP) is 10.5. The largest absolute Gasteiger partial charge is 0.494 e. The van der Waals surface area contributed by atoms with Gasteiger partial charge in [-0.25, -0.2) is 8.78 Å². The van der Waals surface area contributed by atoms with Crippen LogP contribution in [-0.4, -0.2) is 7.11 Å². The minimum Gasteiger partial charge on any atom is -0.494 e. The molecular formula is C34H41F3O. The molecule has 204 valence electrons. The van der Waals surface area contributed by atoms with Gasteiger partial charge in [0.25, 0.3) is 0 Å². The summed E-state index contributed by atoms with van der Waals surface area (Å²) in [5.41, 5.74) is 2.91. The lowest BCUT2D eigenvalue weighted by atomic mass is 9.78. The number of benzene rings is 3. The Balaban J connectivity index is 1.26. The molecule has 0 amide bonds. The maximum absolute atomic E-state index is 15.0. The van der Waals surface area contributed by atoms with Gasteiger partial charge in [-0.3, -0.25) is 0 Å². The lowest BCUT2D eigenvalue weighted by Gasteiger charge is -2.28. The fourth-order valence-corrected chi connectivity index (χ4v) is 5.94. The van der Waals surface area contributed by atoms with Crippen LogP contribution in [0.4, 0.5) is 13.2 Å². The summed E-state index contributed by atoms with van der Waals surface area (Å²) in [4.78, 5) is 0. The van der Waals surface area contributed by atoms with Crippen LogP contribution in [0.3, 0.4) is 0 Å². The van der Waals surface area contributed by atoms with Gasteiger partial charge in [-0.2, -0.15) is 4.39 Å². The molecule has 0 spiro atoms. The molecule has 4 heteroatoms. The van der Waals surface area contributed by atoms with E-state index in [2.05, 4.69) is 6.92 Å². The molecule has 0 unspecified atom stereocenters. The van der Waals surface area contributed by atoms with E-state index in [1.165, 1.54) is 83.5 Å². The average Bonchev–Trinajstić information content (AvgIpc) is 2.94. The van der Waals surface area contributed by atoms with Gasteiger partial charge >= 0.3 is 0 Å². The van der Waals surface area contributed by atoms with Crippen LogP contribution < -0.4 is 4.74 Å². The molecular weight excluding hydrogens is 481 g/mol. The maximum atomic E-state index is 15.0. The molecule has 0 radical (unpaired) electrons. The second-order valence-electron chi connectivity index (χ2n) is 11.0. The number of ether oxygens (including phenoxy) is 1. The summed E-state index contributed by atoms with van der Waals surface area (Å²) in [5.74, 6) is -0.517. The number of halogens is 3. The van der Waals surface area contributed by atoms with E-state index in [4.69, 9.17) is 4.74 Å². The first-order valence-electron chi connectivity index (χ1n) is 14.4. The van der Waals surface area contributed by atoms with Crippen molar-refractivity contribution in [2.75, 3.05) is 7.11 Å². The molecule has 1 aliphatic rings. The topological polar surface area (TPSA) is 9.23 Å².